The van der Waals surface area contributed by atoms with Gasteiger partial charge in [0.2, 0.25) is 0 Å². The normalized spacial score (nSPS) is 13.1. The van der Waals surface area contributed by atoms with Crippen LogP contribution in [0.25, 0.3) is 90.9 Å². The van der Waals surface area contributed by atoms with Crippen LogP contribution in [0.2, 0.25) is 19.6 Å². The molecule has 0 fully saturated rings. The van der Waals surface area contributed by atoms with Crippen molar-refractivity contribution in [1.29, 1.82) is 0 Å². The van der Waals surface area contributed by atoms with Crippen LogP contribution in [0, 0.1) is 18.4 Å². The lowest BCUT2D eigenvalue weighted by atomic mass is 9.78. The molecular formula is C66H72N4Si. The molecule has 2 aliphatic rings. The molecule has 2 N–H and O–H groups in total. The molecule has 4 aromatic carbocycles. The van der Waals surface area contributed by atoms with Crippen LogP contribution in [0.4, 0.5) is 0 Å². The summed E-state index contributed by atoms with van der Waals surface area (Å²) in [4.78, 5) is 19.4. The van der Waals surface area contributed by atoms with Gasteiger partial charge in [-0.1, -0.05) is 187 Å². The van der Waals surface area contributed by atoms with Crippen molar-refractivity contribution in [1.82, 2.24) is 19.9 Å². The molecule has 0 radical (unpaired) electrons. The summed E-state index contributed by atoms with van der Waals surface area (Å²) in [6.45, 7) is 36.7. The third-order valence-corrected chi connectivity index (χ3v) is 14.6. The van der Waals surface area contributed by atoms with Gasteiger partial charge in [-0.2, -0.15) is 0 Å². The Morgan fingerprint density at radius 1 is 0.380 bits per heavy atom. The van der Waals surface area contributed by atoms with E-state index < -0.39 is 8.07 Å². The number of aryl methyl sites for hydroxylation is 1. The summed E-state index contributed by atoms with van der Waals surface area (Å²) in [5.41, 5.74) is 26.8. The van der Waals surface area contributed by atoms with E-state index in [1.807, 2.05) is 0 Å². The molecule has 5 heteroatoms. The molecule has 8 bridgehead atoms. The van der Waals surface area contributed by atoms with Crippen molar-refractivity contribution in [2.24, 2.45) is 0 Å². The van der Waals surface area contributed by atoms with Crippen molar-refractivity contribution in [3.05, 3.63) is 165 Å². The monoisotopic (exact) mass is 949 g/mol. The summed E-state index contributed by atoms with van der Waals surface area (Å²) in [6.07, 6.45) is 8.78. The fourth-order valence-corrected chi connectivity index (χ4v) is 9.92. The lowest BCUT2D eigenvalue weighted by Gasteiger charge is -2.26. The third kappa shape index (κ3) is 10.4. The summed E-state index contributed by atoms with van der Waals surface area (Å²) in [5.74, 6) is 3.49. The smallest absolute Gasteiger partial charge is 0.129 e. The highest BCUT2D eigenvalue weighted by atomic mass is 28.3. The SMILES string of the molecule is Cc1ccc(-c2c3nc(c(-c4cc(C(C)(C)C)cc(C(C)(C)C)c4)c4ccc([nH]4)c(-c4ccc(C#C[Si](C)(C)C)cc4)c4ccc([nH]4)c(-c4cc(C(C)(C)C)cc(C(C)(C)C)c4)c4nc2C=C4)C=C3)cc1. The Hall–Kier alpha value is -6.74. The molecule has 71 heavy (non-hydrogen) atoms. The van der Waals surface area contributed by atoms with Crippen molar-refractivity contribution in [3.63, 3.8) is 0 Å². The van der Waals surface area contributed by atoms with Gasteiger partial charge in [-0.25, -0.2) is 9.97 Å². The molecule has 4 nitrogen and oxygen atoms in total. The second-order valence-corrected chi connectivity index (χ2v) is 29.8. The third-order valence-electron chi connectivity index (χ3n) is 13.8. The highest BCUT2D eigenvalue weighted by Gasteiger charge is 2.26. The maximum absolute atomic E-state index is 5.65. The van der Waals surface area contributed by atoms with Crippen molar-refractivity contribution in [2.45, 2.75) is 131 Å². The molecule has 5 heterocycles. The number of hydrogen-bond acceptors (Lipinski definition) is 2. The molecule has 0 saturated carbocycles. The topological polar surface area (TPSA) is 57.4 Å². The predicted octanol–water partition coefficient (Wildman–Crippen LogP) is 18.1. The summed E-state index contributed by atoms with van der Waals surface area (Å²) in [5, 5.41) is 0. The Labute approximate surface area is 424 Å². The first-order valence-corrected chi connectivity index (χ1v) is 28.9. The molecule has 3 aromatic heterocycles. The summed E-state index contributed by atoms with van der Waals surface area (Å²) < 4.78 is 0. The van der Waals surface area contributed by atoms with Crippen LogP contribution < -0.4 is 0 Å². The van der Waals surface area contributed by atoms with E-state index in [1.54, 1.807) is 0 Å². The molecule has 0 amide bonds. The Balaban J connectivity index is 1.47. The van der Waals surface area contributed by atoms with E-state index in [0.29, 0.717) is 0 Å². The lowest BCUT2D eigenvalue weighted by Crippen LogP contribution is -2.16. The second-order valence-electron chi connectivity index (χ2n) is 25.0. The van der Waals surface area contributed by atoms with Crippen molar-refractivity contribution in [2.75, 3.05) is 0 Å². The Morgan fingerprint density at radius 3 is 1.06 bits per heavy atom. The number of H-pyrrole nitrogens is 2. The molecular weight excluding hydrogens is 877 g/mol. The molecule has 360 valence electrons. The zero-order chi connectivity index (χ0) is 51.0. The highest BCUT2D eigenvalue weighted by Crippen LogP contribution is 2.42. The second kappa shape index (κ2) is 17.8. The zero-order valence-electron chi connectivity index (χ0n) is 45.1. The van der Waals surface area contributed by atoms with E-state index in [9.17, 15) is 0 Å². The van der Waals surface area contributed by atoms with E-state index in [2.05, 4.69) is 265 Å². The van der Waals surface area contributed by atoms with Crippen molar-refractivity contribution >= 4 is 54.4 Å². The minimum absolute atomic E-state index is 0.0793. The van der Waals surface area contributed by atoms with Gasteiger partial charge >= 0.3 is 0 Å². The number of nitrogens with zero attached hydrogens (tertiary/aromatic N) is 2. The van der Waals surface area contributed by atoms with Crippen LogP contribution >= 0.6 is 0 Å². The molecule has 9 rings (SSSR count). The maximum atomic E-state index is 5.65. The number of benzene rings is 4. The molecule has 0 aliphatic carbocycles. The van der Waals surface area contributed by atoms with Gasteiger partial charge in [0.05, 0.1) is 22.8 Å². The predicted molar refractivity (Wildman–Crippen MR) is 310 cm³/mol. The fourth-order valence-electron chi connectivity index (χ4n) is 9.40. The van der Waals surface area contributed by atoms with Gasteiger partial charge in [0.15, 0.2) is 0 Å². The van der Waals surface area contributed by atoms with Crippen LogP contribution in [0.5, 0.6) is 0 Å². The standard InChI is InChI=1S/C66H72N4Si/c1-41-17-21-43(22-18-41)59-51-25-29-55(67-51)61(45-35-47(63(2,3)4)39-48(36-45)64(5,6)7)57-31-27-53(69-57)60(44-23-19-42(20-24-44)33-34-71(14,15)16)54-28-32-58(70-54)62(56-30-26-52(59)68-56)46-37-49(65(8,9)10)40-50(38-46)66(11,12)13/h17-32,35-40,69-70H,1-16H3. The summed E-state index contributed by atoms with van der Waals surface area (Å²) in [6, 6.07) is 40.9. The van der Waals surface area contributed by atoms with Crippen molar-refractivity contribution in [3.8, 4) is 56.0 Å². The largest absolute Gasteiger partial charge is 0.354 e. The van der Waals surface area contributed by atoms with Crippen LogP contribution in [-0.2, 0) is 21.7 Å². The Bertz CT molecular complexity index is 3290. The zero-order valence-corrected chi connectivity index (χ0v) is 46.1. The lowest BCUT2D eigenvalue weighted by molar-refractivity contribution is 0.568. The van der Waals surface area contributed by atoms with Gasteiger partial charge in [-0.05, 0) is 134 Å². The molecule has 0 unspecified atom stereocenters. The first-order valence-electron chi connectivity index (χ1n) is 25.4. The van der Waals surface area contributed by atoms with E-state index in [-0.39, 0.29) is 21.7 Å². The number of aromatic amines is 2. The first-order chi connectivity index (χ1) is 33.2. The number of rotatable bonds is 4. The molecule has 0 atom stereocenters. The van der Waals surface area contributed by atoms with E-state index >= 15 is 0 Å². The fraction of sp³-hybridized carbons (Fsp3) is 0.303. The number of nitrogens with one attached hydrogen (secondary N) is 2. The number of hydrogen-bond donors (Lipinski definition) is 2. The first kappa shape index (κ1) is 49.2. The van der Waals surface area contributed by atoms with Crippen LogP contribution in [0.15, 0.2) is 109 Å². The average molecular weight is 949 g/mol. The van der Waals surface area contributed by atoms with Crippen molar-refractivity contribution < 1.29 is 0 Å². The number of aromatic nitrogens is 4. The van der Waals surface area contributed by atoms with Gasteiger partial charge < -0.3 is 9.97 Å². The summed E-state index contributed by atoms with van der Waals surface area (Å²) in [7, 11) is -1.57. The molecule has 0 saturated heterocycles. The Kier molecular flexibility index (Phi) is 12.4. The maximum Gasteiger partial charge on any atom is 0.129 e. The molecule has 7 aromatic rings. The van der Waals surface area contributed by atoms with Gasteiger partial charge in [0.1, 0.15) is 8.07 Å². The van der Waals surface area contributed by atoms with Crippen LogP contribution in [-0.4, -0.2) is 28.0 Å². The van der Waals surface area contributed by atoms with Crippen LogP contribution in [0.1, 0.15) is 139 Å². The summed E-state index contributed by atoms with van der Waals surface area (Å²) >= 11 is 0. The highest BCUT2D eigenvalue weighted by molar-refractivity contribution is 6.83. The van der Waals surface area contributed by atoms with Gasteiger partial charge in [-0.15, -0.1) is 5.54 Å². The van der Waals surface area contributed by atoms with Gasteiger partial charge in [0.25, 0.3) is 0 Å². The number of fused-ring (bicyclic) bond motifs is 8. The van der Waals surface area contributed by atoms with E-state index in [1.165, 1.54) is 27.8 Å². The minimum Gasteiger partial charge on any atom is -0.354 e. The van der Waals surface area contributed by atoms with Gasteiger partial charge in [-0.3, -0.25) is 0 Å². The molecule has 2 aliphatic heterocycles. The van der Waals surface area contributed by atoms with Crippen LogP contribution in [0.3, 0.4) is 0 Å². The van der Waals surface area contributed by atoms with Gasteiger partial charge in [0, 0.05) is 49.9 Å². The van der Waals surface area contributed by atoms with E-state index in [0.717, 1.165) is 94.9 Å². The average Bonchev–Trinajstić information content (AvgIpc) is 4.13. The Morgan fingerprint density at radius 2 is 0.704 bits per heavy atom. The van der Waals surface area contributed by atoms with E-state index in [4.69, 9.17) is 9.97 Å². The quantitative estimate of drug-likeness (QED) is 0.136. The molecule has 0 spiro atoms. The minimum atomic E-state index is -1.57.